The van der Waals surface area contributed by atoms with E-state index in [1.165, 1.54) is 11.1 Å². The number of ether oxygens (including phenoxy) is 1. The number of unbranched alkanes of at least 4 members (excludes halogenated alkanes) is 1. The molecule has 0 saturated carbocycles. The molecule has 0 bridgehead atoms. The lowest BCUT2D eigenvalue weighted by Gasteiger charge is -2.45. The number of aromatic nitrogens is 2. The summed E-state index contributed by atoms with van der Waals surface area (Å²) >= 11 is 6.46. The van der Waals surface area contributed by atoms with Crippen molar-refractivity contribution < 1.29 is 9.84 Å². The summed E-state index contributed by atoms with van der Waals surface area (Å²) in [6.07, 6.45) is 8.11. The van der Waals surface area contributed by atoms with Gasteiger partial charge < -0.3 is 14.4 Å². The van der Waals surface area contributed by atoms with E-state index in [0.717, 1.165) is 76.6 Å². The lowest BCUT2D eigenvalue weighted by molar-refractivity contribution is -0.0586. The third kappa shape index (κ3) is 6.82. The molecule has 55 heavy (non-hydrogen) atoms. The minimum atomic E-state index is -0.639. The molecule has 2 aliphatic rings. The first-order chi connectivity index (χ1) is 26.9. The highest BCUT2D eigenvalue weighted by Crippen LogP contribution is 2.44. The SMILES string of the molecule is CCCCc1nc(Cl)c(CO)n1Cc1ccc(-c2ccccc2C2=NN(C3(c4ccc(OC)cc4)C=Cc4ccccc4C3)N(C)N2c2ccccc2)cc1. The summed E-state index contributed by atoms with van der Waals surface area (Å²) in [6, 6.07) is 44.5. The fourth-order valence-corrected chi connectivity index (χ4v) is 8.09. The molecule has 2 heterocycles. The van der Waals surface area contributed by atoms with Crippen LogP contribution in [0, 0.1) is 0 Å². The summed E-state index contributed by atoms with van der Waals surface area (Å²) in [5, 5.41) is 22.6. The fourth-order valence-electron chi connectivity index (χ4n) is 7.83. The minimum absolute atomic E-state index is 0.156. The van der Waals surface area contributed by atoms with Crippen LogP contribution in [0.2, 0.25) is 5.15 Å². The van der Waals surface area contributed by atoms with Crippen molar-refractivity contribution >= 4 is 29.2 Å². The van der Waals surface area contributed by atoms with Crippen LogP contribution in [0.15, 0.2) is 139 Å². The largest absolute Gasteiger partial charge is 0.497 e. The molecular weight excluding hydrogens is 704 g/mol. The number of rotatable bonds is 12. The number of methoxy groups -OCH3 is 1. The van der Waals surface area contributed by atoms with Crippen LogP contribution in [0.4, 0.5) is 5.69 Å². The van der Waals surface area contributed by atoms with Crippen LogP contribution in [-0.4, -0.2) is 44.9 Å². The van der Waals surface area contributed by atoms with Crippen LogP contribution >= 0.6 is 11.6 Å². The molecule has 0 spiro atoms. The van der Waals surface area contributed by atoms with Crippen molar-refractivity contribution in [1.82, 2.24) is 19.8 Å². The molecule has 0 radical (unpaired) electrons. The number of hydrazine groups is 2. The smallest absolute Gasteiger partial charge is 0.178 e. The number of amidine groups is 1. The Morgan fingerprint density at radius 1 is 0.836 bits per heavy atom. The maximum Gasteiger partial charge on any atom is 0.178 e. The molecule has 9 heteroatoms. The molecule has 1 aliphatic carbocycles. The van der Waals surface area contributed by atoms with Crippen LogP contribution in [0.1, 0.15) is 59.1 Å². The van der Waals surface area contributed by atoms with Crippen molar-refractivity contribution in [2.75, 3.05) is 19.2 Å². The second-order valence-electron chi connectivity index (χ2n) is 14.1. The number of para-hydroxylation sites is 1. The Balaban J connectivity index is 1.21. The van der Waals surface area contributed by atoms with Crippen LogP contribution in [0.5, 0.6) is 5.75 Å². The van der Waals surface area contributed by atoms with Crippen molar-refractivity contribution in [2.24, 2.45) is 5.10 Å². The zero-order chi connectivity index (χ0) is 37.9. The highest BCUT2D eigenvalue weighted by atomic mass is 35.5. The molecule has 5 aromatic carbocycles. The van der Waals surface area contributed by atoms with Gasteiger partial charge in [-0.1, -0.05) is 140 Å². The lowest BCUT2D eigenvalue weighted by atomic mass is 9.78. The first-order valence-electron chi connectivity index (χ1n) is 18.9. The number of nitrogens with zero attached hydrogens (tertiary/aromatic N) is 6. The number of benzene rings is 5. The van der Waals surface area contributed by atoms with E-state index < -0.39 is 5.54 Å². The highest BCUT2D eigenvalue weighted by Gasteiger charge is 2.47. The molecule has 0 fully saturated rings. The van der Waals surface area contributed by atoms with E-state index in [4.69, 9.17) is 21.4 Å². The van der Waals surface area contributed by atoms with Gasteiger partial charge in [-0.25, -0.2) is 9.99 Å². The quantitative estimate of drug-likeness (QED) is 0.135. The highest BCUT2D eigenvalue weighted by molar-refractivity contribution is 6.30. The first kappa shape index (κ1) is 36.3. The van der Waals surface area contributed by atoms with Gasteiger partial charge in [0, 0.05) is 32.0 Å². The predicted octanol–water partition coefficient (Wildman–Crippen LogP) is 9.51. The Bertz CT molecular complexity index is 2340. The number of halogens is 1. The van der Waals surface area contributed by atoms with Crippen LogP contribution in [0.25, 0.3) is 17.2 Å². The number of fused-ring (bicyclic) bond motifs is 1. The van der Waals surface area contributed by atoms with Gasteiger partial charge in [0.2, 0.25) is 0 Å². The van der Waals surface area contributed by atoms with E-state index in [1.54, 1.807) is 7.11 Å². The summed E-state index contributed by atoms with van der Waals surface area (Å²) in [6.45, 7) is 2.58. The van der Waals surface area contributed by atoms with Gasteiger partial charge in [0.1, 0.15) is 17.1 Å². The number of hydrogen-bond donors (Lipinski definition) is 1. The monoisotopic (exact) mass is 748 g/mol. The molecule has 8 rings (SSSR count). The molecule has 8 nitrogen and oxygen atoms in total. The van der Waals surface area contributed by atoms with Gasteiger partial charge in [-0.3, -0.25) is 0 Å². The molecule has 1 atom stereocenters. The third-order valence-corrected chi connectivity index (χ3v) is 11.0. The molecular formula is C46H45ClN6O2. The molecule has 6 aromatic rings. The minimum Gasteiger partial charge on any atom is -0.497 e. The van der Waals surface area contributed by atoms with Crippen LogP contribution in [0.3, 0.4) is 0 Å². The first-order valence-corrected chi connectivity index (χ1v) is 19.2. The molecule has 1 unspecified atom stereocenters. The number of anilines is 1. The molecule has 1 aliphatic heterocycles. The van der Waals surface area contributed by atoms with Gasteiger partial charge in [0.05, 0.1) is 25.1 Å². The van der Waals surface area contributed by atoms with Gasteiger partial charge >= 0.3 is 0 Å². The van der Waals surface area contributed by atoms with E-state index in [1.807, 2.05) is 18.2 Å². The van der Waals surface area contributed by atoms with Crippen LogP contribution in [-0.2, 0) is 31.5 Å². The Labute approximate surface area is 328 Å². The standard InChI is InChI=1S/C46H45ClN6O2/c1-4-5-19-43-48-44(47)42(32-54)51(43)31-33-20-22-35(23-21-33)40-17-11-12-18-41(40)45-49-53(50(2)52(45)38-15-7-6-8-16-38)46(37-24-26-39(55-3)27-25-37)29-28-34-13-9-10-14-36(34)30-46/h6-18,20-29,54H,4-5,19,30-32H2,1-3H3. The maximum atomic E-state index is 10.1. The van der Waals surface area contributed by atoms with E-state index in [-0.39, 0.29) is 6.61 Å². The average molecular weight is 749 g/mol. The van der Waals surface area contributed by atoms with Crippen molar-refractivity contribution in [3.05, 3.63) is 178 Å². The van der Waals surface area contributed by atoms with Gasteiger partial charge in [0.25, 0.3) is 0 Å². The lowest BCUT2D eigenvalue weighted by Crippen LogP contribution is -2.54. The van der Waals surface area contributed by atoms with Gasteiger partial charge in [-0.2, -0.15) is 5.12 Å². The summed E-state index contributed by atoms with van der Waals surface area (Å²) in [7, 11) is 3.78. The fraction of sp³-hybridized carbons (Fsp3) is 0.217. The predicted molar refractivity (Wildman–Crippen MR) is 222 cm³/mol. The zero-order valence-electron chi connectivity index (χ0n) is 31.4. The molecule has 1 aromatic heterocycles. The zero-order valence-corrected chi connectivity index (χ0v) is 32.2. The van der Waals surface area contributed by atoms with E-state index >= 15 is 0 Å². The topological polar surface area (TPSA) is 69.4 Å². The number of hydrogen-bond acceptors (Lipinski definition) is 7. The number of aliphatic hydroxyl groups is 1. The number of aliphatic hydroxyl groups excluding tert-OH is 1. The molecule has 0 saturated heterocycles. The Morgan fingerprint density at radius 3 is 2.27 bits per heavy atom. The summed E-state index contributed by atoms with van der Waals surface area (Å²) in [5.74, 6) is 2.53. The van der Waals surface area contributed by atoms with E-state index in [2.05, 4.69) is 160 Å². The second kappa shape index (κ2) is 15.6. The molecule has 278 valence electrons. The summed E-state index contributed by atoms with van der Waals surface area (Å²) < 4.78 is 7.63. The Morgan fingerprint density at radius 2 is 1.55 bits per heavy atom. The third-order valence-electron chi connectivity index (χ3n) is 10.7. The van der Waals surface area contributed by atoms with Gasteiger partial charge in [0.15, 0.2) is 11.0 Å². The summed E-state index contributed by atoms with van der Waals surface area (Å²) in [5.41, 5.74) is 8.84. The van der Waals surface area contributed by atoms with Crippen molar-refractivity contribution in [3.8, 4) is 16.9 Å². The Hall–Kier alpha value is -5.67. The maximum absolute atomic E-state index is 10.1. The number of hydrazone groups is 1. The normalized spacial score (nSPS) is 16.7. The van der Waals surface area contributed by atoms with Crippen molar-refractivity contribution in [3.63, 3.8) is 0 Å². The van der Waals surface area contributed by atoms with E-state index in [9.17, 15) is 5.11 Å². The number of imidazole rings is 1. The number of aryl methyl sites for hydroxylation is 1. The summed E-state index contributed by atoms with van der Waals surface area (Å²) in [4.78, 5) is 4.59. The molecule has 1 N–H and O–H groups in total. The van der Waals surface area contributed by atoms with Gasteiger partial charge in [-0.05, 0) is 64.1 Å². The van der Waals surface area contributed by atoms with E-state index in [0.29, 0.717) is 17.4 Å². The van der Waals surface area contributed by atoms with Gasteiger partial charge in [-0.15, -0.1) is 10.2 Å². The van der Waals surface area contributed by atoms with Crippen molar-refractivity contribution in [2.45, 2.75) is 51.3 Å². The molecule has 0 amide bonds. The second-order valence-corrected chi connectivity index (χ2v) is 14.4. The van der Waals surface area contributed by atoms with Crippen LogP contribution < -0.4 is 9.75 Å². The van der Waals surface area contributed by atoms with Crippen molar-refractivity contribution in [1.29, 1.82) is 0 Å². The Kier molecular flexibility index (Phi) is 10.3. The average Bonchev–Trinajstić information content (AvgIpc) is 3.75.